The predicted molar refractivity (Wildman–Crippen MR) is 73.5 cm³/mol. The molecule has 102 valence electrons. The van der Waals surface area contributed by atoms with Gasteiger partial charge >= 0.3 is 5.97 Å². The van der Waals surface area contributed by atoms with Gasteiger partial charge < -0.3 is 10.1 Å². The smallest absolute Gasteiger partial charge is 0.349 e. The van der Waals surface area contributed by atoms with Gasteiger partial charge in [0, 0.05) is 24.8 Å². The van der Waals surface area contributed by atoms with Gasteiger partial charge in [-0.05, 0) is 13.8 Å². The summed E-state index contributed by atoms with van der Waals surface area (Å²) < 4.78 is 6.50. The number of thiazole rings is 1. The number of methoxy groups -OCH3 is 1. The molecule has 2 aromatic rings. The molecule has 0 unspecified atom stereocenters. The topological polar surface area (TPSA) is 69.0 Å². The zero-order valence-electron chi connectivity index (χ0n) is 11.4. The van der Waals surface area contributed by atoms with Crippen LogP contribution >= 0.6 is 11.3 Å². The number of carbonyl (C=O) groups excluding carboxylic acids is 1. The number of hydrogen-bond acceptors (Lipinski definition) is 6. The standard InChI is InChI=1S/C12H16N4O2S/c1-7-9(8(2)16(3)15-7)5-13-12-14-6-10(19-12)11(17)18-4/h6H,5H2,1-4H3,(H,13,14). The number of aromatic nitrogens is 3. The van der Waals surface area contributed by atoms with E-state index in [1.54, 1.807) is 0 Å². The molecule has 0 aromatic carbocycles. The van der Waals surface area contributed by atoms with Gasteiger partial charge in [-0.1, -0.05) is 11.3 Å². The Morgan fingerprint density at radius 2 is 2.26 bits per heavy atom. The van der Waals surface area contributed by atoms with Crippen molar-refractivity contribution in [2.75, 3.05) is 12.4 Å². The molecule has 0 spiro atoms. The second kappa shape index (κ2) is 5.40. The quantitative estimate of drug-likeness (QED) is 0.866. The molecule has 2 aromatic heterocycles. The highest BCUT2D eigenvalue weighted by Crippen LogP contribution is 2.20. The minimum Gasteiger partial charge on any atom is -0.465 e. The van der Waals surface area contributed by atoms with Gasteiger partial charge in [-0.3, -0.25) is 4.68 Å². The lowest BCUT2D eigenvalue weighted by atomic mass is 10.2. The van der Waals surface area contributed by atoms with Crippen molar-refractivity contribution in [3.05, 3.63) is 28.0 Å². The number of hydrogen-bond donors (Lipinski definition) is 1. The van der Waals surface area contributed by atoms with Crippen LogP contribution in [-0.2, 0) is 18.3 Å². The number of ether oxygens (including phenoxy) is 1. The van der Waals surface area contributed by atoms with Crippen molar-refractivity contribution in [3.8, 4) is 0 Å². The van der Waals surface area contributed by atoms with Gasteiger partial charge in [-0.2, -0.15) is 5.10 Å². The maximum Gasteiger partial charge on any atom is 0.349 e. The number of aryl methyl sites for hydroxylation is 2. The van der Waals surface area contributed by atoms with Gasteiger partial charge in [-0.25, -0.2) is 9.78 Å². The van der Waals surface area contributed by atoms with Crippen LogP contribution in [0, 0.1) is 13.8 Å². The van der Waals surface area contributed by atoms with Crippen LogP contribution in [0.1, 0.15) is 26.6 Å². The number of nitrogens with one attached hydrogen (secondary N) is 1. The van der Waals surface area contributed by atoms with Gasteiger partial charge in [0.05, 0.1) is 19.0 Å². The first-order chi connectivity index (χ1) is 9.02. The van der Waals surface area contributed by atoms with Crippen molar-refractivity contribution in [3.63, 3.8) is 0 Å². The Morgan fingerprint density at radius 3 is 2.84 bits per heavy atom. The third-order valence-corrected chi connectivity index (χ3v) is 3.90. The lowest BCUT2D eigenvalue weighted by Crippen LogP contribution is -2.01. The molecule has 0 bridgehead atoms. The Balaban J connectivity index is 2.06. The zero-order chi connectivity index (χ0) is 14.0. The Kier molecular flexibility index (Phi) is 3.84. The summed E-state index contributed by atoms with van der Waals surface area (Å²) in [5, 5.41) is 8.25. The van der Waals surface area contributed by atoms with E-state index in [4.69, 9.17) is 0 Å². The van der Waals surface area contributed by atoms with E-state index in [0.29, 0.717) is 16.6 Å². The van der Waals surface area contributed by atoms with E-state index in [9.17, 15) is 4.79 Å². The molecule has 0 atom stereocenters. The second-order valence-electron chi connectivity index (χ2n) is 4.15. The second-order valence-corrected chi connectivity index (χ2v) is 5.18. The molecule has 0 amide bonds. The third-order valence-electron chi connectivity index (χ3n) is 2.97. The number of carbonyl (C=O) groups is 1. The van der Waals surface area contributed by atoms with E-state index in [0.717, 1.165) is 17.0 Å². The predicted octanol–water partition coefficient (Wildman–Crippen LogP) is 1.89. The van der Waals surface area contributed by atoms with E-state index >= 15 is 0 Å². The number of anilines is 1. The fourth-order valence-electron chi connectivity index (χ4n) is 1.79. The van der Waals surface area contributed by atoms with Crippen LogP contribution in [0.4, 0.5) is 5.13 Å². The molecule has 19 heavy (non-hydrogen) atoms. The van der Waals surface area contributed by atoms with E-state index in [-0.39, 0.29) is 5.97 Å². The minimum atomic E-state index is -0.362. The summed E-state index contributed by atoms with van der Waals surface area (Å²) in [6, 6.07) is 0. The summed E-state index contributed by atoms with van der Waals surface area (Å²) in [6.45, 7) is 4.64. The fourth-order valence-corrected chi connectivity index (χ4v) is 2.52. The van der Waals surface area contributed by atoms with Crippen LogP contribution in [0.5, 0.6) is 0 Å². The summed E-state index contributed by atoms with van der Waals surface area (Å²) >= 11 is 1.28. The minimum absolute atomic E-state index is 0.362. The first kappa shape index (κ1) is 13.5. The Labute approximate surface area is 115 Å². The summed E-state index contributed by atoms with van der Waals surface area (Å²) in [5.41, 5.74) is 3.27. The van der Waals surface area contributed by atoms with Gasteiger partial charge in [-0.15, -0.1) is 0 Å². The molecule has 0 aliphatic heterocycles. The lowest BCUT2D eigenvalue weighted by Gasteiger charge is -2.03. The molecule has 0 aliphatic carbocycles. The molecule has 0 radical (unpaired) electrons. The van der Waals surface area contributed by atoms with Gasteiger partial charge in [0.25, 0.3) is 0 Å². The van der Waals surface area contributed by atoms with Crippen molar-refractivity contribution in [2.45, 2.75) is 20.4 Å². The van der Waals surface area contributed by atoms with E-state index in [1.807, 2.05) is 25.6 Å². The molecular weight excluding hydrogens is 264 g/mol. The van der Waals surface area contributed by atoms with Crippen molar-refractivity contribution in [2.24, 2.45) is 7.05 Å². The molecule has 1 N–H and O–H groups in total. The maximum absolute atomic E-state index is 11.3. The Hall–Kier alpha value is -1.89. The highest BCUT2D eigenvalue weighted by atomic mass is 32.1. The van der Waals surface area contributed by atoms with Crippen LogP contribution in [0.15, 0.2) is 6.20 Å². The van der Waals surface area contributed by atoms with Crippen LogP contribution in [-0.4, -0.2) is 27.8 Å². The maximum atomic E-state index is 11.3. The third kappa shape index (κ3) is 2.76. The average molecular weight is 280 g/mol. The average Bonchev–Trinajstić information content (AvgIpc) is 2.94. The highest BCUT2D eigenvalue weighted by Gasteiger charge is 2.12. The van der Waals surface area contributed by atoms with Crippen molar-refractivity contribution in [1.29, 1.82) is 0 Å². The SMILES string of the molecule is COC(=O)c1cnc(NCc2c(C)nn(C)c2C)s1. The van der Waals surface area contributed by atoms with Crippen LogP contribution in [0.2, 0.25) is 0 Å². The fraction of sp³-hybridized carbons (Fsp3) is 0.417. The van der Waals surface area contributed by atoms with Crippen LogP contribution in [0.3, 0.4) is 0 Å². The first-order valence-electron chi connectivity index (χ1n) is 5.80. The number of esters is 1. The molecule has 6 nitrogen and oxygen atoms in total. The Morgan fingerprint density at radius 1 is 1.53 bits per heavy atom. The van der Waals surface area contributed by atoms with E-state index in [2.05, 4.69) is 20.1 Å². The molecule has 0 fully saturated rings. The monoisotopic (exact) mass is 280 g/mol. The van der Waals surface area contributed by atoms with Crippen molar-refractivity contribution in [1.82, 2.24) is 14.8 Å². The summed E-state index contributed by atoms with van der Waals surface area (Å²) in [4.78, 5) is 16.0. The van der Waals surface area contributed by atoms with Crippen molar-refractivity contribution >= 4 is 22.4 Å². The summed E-state index contributed by atoms with van der Waals surface area (Å²) in [6.07, 6.45) is 1.52. The molecule has 0 aliphatic rings. The van der Waals surface area contributed by atoms with Gasteiger partial charge in [0.2, 0.25) is 0 Å². The van der Waals surface area contributed by atoms with E-state index in [1.165, 1.54) is 24.6 Å². The number of nitrogens with zero attached hydrogens (tertiary/aromatic N) is 3. The molecule has 7 heteroatoms. The van der Waals surface area contributed by atoms with Crippen molar-refractivity contribution < 1.29 is 9.53 Å². The van der Waals surface area contributed by atoms with E-state index < -0.39 is 0 Å². The zero-order valence-corrected chi connectivity index (χ0v) is 12.2. The number of rotatable bonds is 4. The van der Waals surface area contributed by atoms with Gasteiger partial charge in [0.15, 0.2) is 5.13 Å². The lowest BCUT2D eigenvalue weighted by molar-refractivity contribution is 0.0606. The largest absolute Gasteiger partial charge is 0.465 e. The Bertz CT molecular complexity index is 603. The normalized spacial score (nSPS) is 10.5. The highest BCUT2D eigenvalue weighted by molar-refractivity contribution is 7.17. The molecule has 2 heterocycles. The van der Waals surface area contributed by atoms with Crippen LogP contribution in [0.25, 0.3) is 0 Å². The molecular formula is C12H16N4O2S. The first-order valence-corrected chi connectivity index (χ1v) is 6.61. The summed E-state index contributed by atoms with van der Waals surface area (Å²) in [7, 11) is 3.28. The van der Waals surface area contributed by atoms with Crippen LogP contribution < -0.4 is 5.32 Å². The summed E-state index contributed by atoms with van der Waals surface area (Å²) in [5.74, 6) is -0.362. The molecule has 2 rings (SSSR count). The molecule has 0 saturated carbocycles. The van der Waals surface area contributed by atoms with Gasteiger partial charge in [0.1, 0.15) is 4.88 Å². The molecule has 0 saturated heterocycles.